The summed E-state index contributed by atoms with van der Waals surface area (Å²) in [7, 11) is 0. The second kappa shape index (κ2) is 9.47. The molecule has 1 aliphatic heterocycles. The van der Waals surface area contributed by atoms with Gasteiger partial charge in [-0.25, -0.2) is 9.67 Å². The zero-order valence-electron chi connectivity index (χ0n) is 18.8. The molecule has 1 fully saturated rings. The van der Waals surface area contributed by atoms with Crippen LogP contribution in [-0.4, -0.2) is 73.7 Å². The van der Waals surface area contributed by atoms with Crippen molar-refractivity contribution < 1.29 is 13.9 Å². The van der Waals surface area contributed by atoms with E-state index in [0.717, 1.165) is 43.4 Å². The highest BCUT2D eigenvalue weighted by Gasteiger charge is 2.23. The molecule has 0 aliphatic carbocycles. The number of carbonyl (C=O) groups is 1. The molecule has 0 unspecified atom stereocenters. The molecule has 0 bridgehead atoms. The van der Waals surface area contributed by atoms with Gasteiger partial charge in [0, 0.05) is 31.6 Å². The molecule has 0 N–H and O–H groups in total. The second-order valence-electron chi connectivity index (χ2n) is 8.92. The third kappa shape index (κ3) is 5.50. The second-order valence-corrected chi connectivity index (χ2v) is 8.92. The molecule has 4 rings (SSSR count). The van der Waals surface area contributed by atoms with E-state index in [4.69, 9.17) is 9.15 Å². The minimum atomic E-state index is -0.0544. The first kappa shape index (κ1) is 21.9. The van der Waals surface area contributed by atoms with Crippen molar-refractivity contribution in [1.29, 1.82) is 0 Å². The molecule has 1 aromatic carbocycles. The molecule has 1 saturated heterocycles. The van der Waals surface area contributed by atoms with Crippen molar-refractivity contribution in [3.05, 3.63) is 48.4 Å². The number of amides is 1. The van der Waals surface area contributed by atoms with Crippen LogP contribution in [-0.2, 0) is 16.8 Å². The lowest BCUT2D eigenvalue weighted by Gasteiger charge is -2.21. The van der Waals surface area contributed by atoms with E-state index in [1.165, 1.54) is 6.33 Å². The molecular formula is C22H29N7O3. The molecular weight excluding hydrogens is 410 g/mol. The SMILES string of the molecule is CC(C)(C)c1cnc(CN2CCCN(C(=O)COc3ccc(-n4cnnn4)cc3)CC2)o1. The minimum absolute atomic E-state index is 0.0115. The van der Waals surface area contributed by atoms with Crippen LogP contribution in [0.2, 0.25) is 0 Å². The molecule has 3 aromatic rings. The molecule has 1 aliphatic rings. The normalized spacial score (nSPS) is 15.5. The Hall–Kier alpha value is -3.27. The first-order valence-corrected chi connectivity index (χ1v) is 10.8. The Morgan fingerprint density at radius 3 is 2.62 bits per heavy atom. The molecule has 32 heavy (non-hydrogen) atoms. The Bertz CT molecular complexity index is 1010. The minimum Gasteiger partial charge on any atom is -0.484 e. The molecule has 10 nitrogen and oxygen atoms in total. The standard InChI is InChI=1S/C22H29N7O3/c1-22(2,3)19-13-23-20(32-19)14-27-9-4-10-28(12-11-27)21(30)15-31-18-7-5-17(6-8-18)29-16-24-25-26-29/h5-8,13,16H,4,9-12,14-15H2,1-3H3. The summed E-state index contributed by atoms with van der Waals surface area (Å²) < 4.78 is 13.2. The number of rotatable bonds is 6. The molecule has 10 heteroatoms. The number of carbonyl (C=O) groups excluding carboxylic acids is 1. The van der Waals surface area contributed by atoms with E-state index in [0.29, 0.717) is 18.8 Å². The van der Waals surface area contributed by atoms with Gasteiger partial charge in [0.2, 0.25) is 5.89 Å². The van der Waals surface area contributed by atoms with Crippen LogP contribution < -0.4 is 4.74 Å². The van der Waals surface area contributed by atoms with Crippen molar-refractivity contribution in [3.8, 4) is 11.4 Å². The number of benzene rings is 1. The number of tetrazole rings is 1. The zero-order valence-corrected chi connectivity index (χ0v) is 18.8. The van der Waals surface area contributed by atoms with Gasteiger partial charge in [-0.15, -0.1) is 5.10 Å². The Kier molecular flexibility index (Phi) is 6.50. The van der Waals surface area contributed by atoms with Gasteiger partial charge >= 0.3 is 0 Å². The first-order chi connectivity index (χ1) is 15.4. The van der Waals surface area contributed by atoms with Gasteiger partial charge in [-0.3, -0.25) is 9.69 Å². The Labute approximate surface area is 187 Å². The van der Waals surface area contributed by atoms with Crippen LogP contribution in [0.3, 0.4) is 0 Å². The summed E-state index contributed by atoms with van der Waals surface area (Å²) in [5, 5.41) is 11.1. The van der Waals surface area contributed by atoms with E-state index in [2.05, 4.69) is 46.2 Å². The third-order valence-electron chi connectivity index (χ3n) is 5.41. The molecule has 0 radical (unpaired) electrons. The summed E-state index contributed by atoms with van der Waals surface area (Å²) in [6.45, 7) is 10.0. The largest absolute Gasteiger partial charge is 0.484 e. The molecule has 0 spiro atoms. The molecule has 1 amide bonds. The van der Waals surface area contributed by atoms with Gasteiger partial charge < -0.3 is 14.1 Å². The lowest BCUT2D eigenvalue weighted by atomic mass is 9.94. The molecule has 3 heterocycles. The van der Waals surface area contributed by atoms with Crippen LogP contribution in [0.25, 0.3) is 5.69 Å². The fourth-order valence-corrected chi connectivity index (χ4v) is 3.51. The number of ether oxygens (including phenoxy) is 1. The summed E-state index contributed by atoms with van der Waals surface area (Å²) in [4.78, 5) is 21.3. The average molecular weight is 440 g/mol. The van der Waals surface area contributed by atoms with E-state index < -0.39 is 0 Å². The van der Waals surface area contributed by atoms with Crippen molar-refractivity contribution in [2.75, 3.05) is 32.8 Å². The van der Waals surface area contributed by atoms with Crippen LogP contribution in [0.4, 0.5) is 0 Å². The quantitative estimate of drug-likeness (QED) is 0.575. The first-order valence-electron chi connectivity index (χ1n) is 10.8. The maximum atomic E-state index is 12.7. The predicted molar refractivity (Wildman–Crippen MR) is 116 cm³/mol. The van der Waals surface area contributed by atoms with E-state index >= 15 is 0 Å². The monoisotopic (exact) mass is 439 g/mol. The van der Waals surface area contributed by atoms with E-state index in [-0.39, 0.29) is 17.9 Å². The van der Waals surface area contributed by atoms with Gasteiger partial charge in [0.15, 0.2) is 6.61 Å². The number of hydrogen-bond acceptors (Lipinski definition) is 8. The highest BCUT2D eigenvalue weighted by atomic mass is 16.5. The predicted octanol–water partition coefficient (Wildman–Crippen LogP) is 2.06. The number of nitrogens with zero attached hydrogens (tertiary/aromatic N) is 7. The van der Waals surface area contributed by atoms with E-state index in [1.807, 2.05) is 23.2 Å². The highest BCUT2D eigenvalue weighted by Crippen LogP contribution is 2.23. The van der Waals surface area contributed by atoms with Crippen LogP contribution in [0.1, 0.15) is 38.8 Å². The summed E-state index contributed by atoms with van der Waals surface area (Å²) in [6.07, 6.45) is 4.24. The molecule has 0 atom stereocenters. The Balaban J connectivity index is 1.25. The highest BCUT2D eigenvalue weighted by molar-refractivity contribution is 5.77. The van der Waals surface area contributed by atoms with Crippen molar-refractivity contribution in [3.63, 3.8) is 0 Å². The Morgan fingerprint density at radius 1 is 1.12 bits per heavy atom. The van der Waals surface area contributed by atoms with Gasteiger partial charge in [0.05, 0.1) is 18.4 Å². The molecule has 0 saturated carbocycles. The lowest BCUT2D eigenvalue weighted by molar-refractivity contribution is -0.133. The van der Waals surface area contributed by atoms with Crippen LogP contribution in [0.5, 0.6) is 5.75 Å². The van der Waals surface area contributed by atoms with Gasteiger partial charge in [-0.05, 0) is 41.1 Å². The molecule has 2 aromatic heterocycles. The lowest BCUT2D eigenvalue weighted by Crippen LogP contribution is -2.38. The summed E-state index contributed by atoms with van der Waals surface area (Å²) in [6, 6.07) is 7.29. The van der Waals surface area contributed by atoms with Crippen LogP contribution in [0, 0.1) is 0 Å². The number of aromatic nitrogens is 5. The van der Waals surface area contributed by atoms with Crippen molar-refractivity contribution in [2.45, 2.75) is 39.2 Å². The van der Waals surface area contributed by atoms with E-state index in [1.54, 1.807) is 16.8 Å². The number of hydrogen-bond donors (Lipinski definition) is 0. The van der Waals surface area contributed by atoms with E-state index in [9.17, 15) is 4.79 Å². The fraction of sp³-hybridized carbons (Fsp3) is 0.500. The Morgan fingerprint density at radius 2 is 1.94 bits per heavy atom. The zero-order chi connectivity index (χ0) is 22.6. The fourth-order valence-electron chi connectivity index (χ4n) is 3.51. The summed E-state index contributed by atoms with van der Waals surface area (Å²) in [5.74, 6) is 2.23. The van der Waals surface area contributed by atoms with Gasteiger partial charge in [0.1, 0.15) is 17.8 Å². The molecule has 170 valence electrons. The maximum Gasteiger partial charge on any atom is 0.260 e. The van der Waals surface area contributed by atoms with Gasteiger partial charge in [0.25, 0.3) is 5.91 Å². The third-order valence-corrected chi connectivity index (χ3v) is 5.41. The van der Waals surface area contributed by atoms with Crippen molar-refractivity contribution in [2.24, 2.45) is 0 Å². The van der Waals surface area contributed by atoms with Gasteiger partial charge in [-0.1, -0.05) is 20.8 Å². The van der Waals surface area contributed by atoms with Crippen LogP contribution >= 0.6 is 0 Å². The van der Waals surface area contributed by atoms with Crippen molar-refractivity contribution >= 4 is 5.91 Å². The van der Waals surface area contributed by atoms with Crippen molar-refractivity contribution in [1.82, 2.24) is 35.0 Å². The average Bonchev–Trinajstić information content (AvgIpc) is 3.42. The smallest absolute Gasteiger partial charge is 0.260 e. The summed E-state index contributed by atoms with van der Waals surface area (Å²) >= 11 is 0. The topological polar surface area (TPSA) is 102 Å². The van der Waals surface area contributed by atoms with Crippen LogP contribution in [0.15, 0.2) is 41.2 Å². The summed E-state index contributed by atoms with van der Waals surface area (Å²) in [5.41, 5.74) is 0.767. The maximum absolute atomic E-state index is 12.7. The number of oxazole rings is 1. The van der Waals surface area contributed by atoms with Gasteiger partial charge in [-0.2, -0.15) is 0 Å².